The first-order valence-electron chi connectivity index (χ1n) is 13.8. The summed E-state index contributed by atoms with van der Waals surface area (Å²) in [6.07, 6.45) is 6.64. The summed E-state index contributed by atoms with van der Waals surface area (Å²) in [6.45, 7) is 7.21. The summed E-state index contributed by atoms with van der Waals surface area (Å²) in [4.78, 5) is 43.0. The minimum absolute atomic E-state index is 0.152. The van der Waals surface area contributed by atoms with Gasteiger partial charge in [-0.15, -0.1) is 6.42 Å². The van der Waals surface area contributed by atoms with Crippen molar-refractivity contribution in [2.45, 2.75) is 70.7 Å². The van der Waals surface area contributed by atoms with Gasteiger partial charge in [0, 0.05) is 23.7 Å². The second-order valence-corrected chi connectivity index (χ2v) is 11.3. The van der Waals surface area contributed by atoms with Gasteiger partial charge in [-0.2, -0.15) is 0 Å². The Bertz CT molecular complexity index is 1420. The summed E-state index contributed by atoms with van der Waals surface area (Å²) in [5, 5.41) is 5.83. The molecule has 1 saturated carbocycles. The Morgan fingerprint density at radius 1 is 0.976 bits per heavy atom. The molecule has 3 aromatic rings. The Balaban J connectivity index is 1.73. The summed E-state index contributed by atoms with van der Waals surface area (Å²) < 4.78 is 5.50. The molecule has 0 aromatic heterocycles. The molecule has 0 aliphatic heterocycles. The number of carbonyl (C=O) groups is 3. The third-order valence-corrected chi connectivity index (χ3v) is 6.79. The molecule has 1 aliphatic rings. The molecule has 1 fully saturated rings. The summed E-state index contributed by atoms with van der Waals surface area (Å²) in [5.41, 5.74) is 3.00. The molecule has 3 aromatic carbocycles. The van der Waals surface area contributed by atoms with E-state index in [-0.39, 0.29) is 24.3 Å². The molecule has 2 N–H and O–H groups in total. The van der Waals surface area contributed by atoms with Crippen LogP contribution in [0.2, 0.25) is 0 Å². The standard InChI is InChI=1S/C34H37N3O4/c1-6-24-16-18-26(19-17-24)30(31(38)35-28-15-11-10-12-23(28)2)37(27-20-21-27)32(39)29(22-25-13-8-7-9-14-25)36-33(40)41-34(3,4)5/h1,7-19,27,29-30H,20-22H2,2-5H3,(H,35,38)(H,36,40). The number of amides is 3. The van der Waals surface area contributed by atoms with Crippen molar-refractivity contribution in [1.82, 2.24) is 10.2 Å². The van der Waals surface area contributed by atoms with Gasteiger partial charge in [0.05, 0.1) is 0 Å². The van der Waals surface area contributed by atoms with Crippen LogP contribution >= 0.6 is 0 Å². The van der Waals surface area contributed by atoms with Crippen molar-refractivity contribution in [3.8, 4) is 12.3 Å². The van der Waals surface area contributed by atoms with Crippen LogP contribution in [0.15, 0.2) is 78.9 Å². The highest BCUT2D eigenvalue weighted by Gasteiger charge is 2.44. The maximum Gasteiger partial charge on any atom is 0.408 e. The molecule has 4 rings (SSSR count). The molecule has 0 heterocycles. The van der Waals surface area contributed by atoms with E-state index < -0.39 is 23.8 Å². The largest absolute Gasteiger partial charge is 0.444 e. The van der Waals surface area contributed by atoms with Crippen molar-refractivity contribution in [3.63, 3.8) is 0 Å². The highest BCUT2D eigenvalue weighted by atomic mass is 16.6. The van der Waals surface area contributed by atoms with E-state index in [4.69, 9.17) is 11.2 Å². The van der Waals surface area contributed by atoms with Gasteiger partial charge in [-0.1, -0.05) is 66.6 Å². The quantitative estimate of drug-likeness (QED) is 0.330. The lowest BCUT2D eigenvalue weighted by molar-refractivity contribution is -0.141. The number of para-hydroxylation sites is 1. The van der Waals surface area contributed by atoms with Crippen molar-refractivity contribution in [3.05, 3.63) is 101 Å². The average Bonchev–Trinajstić information content (AvgIpc) is 3.77. The first-order valence-corrected chi connectivity index (χ1v) is 13.8. The SMILES string of the molecule is C#Cc1ccc(C(C(=O)Nc2ccccc2C)N(C(=O)C(Cc2ccccc2)NC(=O)OC(C)(C)C)C2CC2)cc1. The van der Waals surface area contributed by atoms with E-state index in [1.54, 1.807) is 49.9 Å². The van der Waals surface area contributed by atoms with Crippen molar-refractivity contribution in [1.29, 1.82) is 0 Å². The molecule has 0 bridgehead atoms. The van der Waals surface area contributed by atoms with Gasteiger partial charge in [0.2, 0.25) is 5.91 Å². The lowest BCUT2D eigenvalue weighted by Gasteiger charge is -2.35. The van der Waals surface area contributed by atoms with Crippen LogP contribution < -0.4 is 10.6 Å². The average molecular weight is 552 g/mol. The number of alkyl carbamates (subject to hydrolysis) is 1. The fraction of sp³-hybridized carbons (Fsp3) is 0.324. The number of hydrogen-bond acceptors (Lipinski definition) is 4. The van der Waals surface area contributed by atoms with E-state index in [0.717, 1.165) is 24.0 Å². The number of terminal acetylenes is 1. The lowest BCUT2D eigenvalue weighted by atomic mass is 9.99. The van der Waals surface area contributed by atoms with Gasteiger partial charge < -0.3 is 20.3 Å². The molecule has 7 heteroatoms. The second-order valence-electron chi connectivity index (χ2n) is 11.3. The molecular weight excluding hydrogens is 514 g/mol. The number of hydrogen-bond donors (Lipinski definition) is 2. The predicted molar refractivity (Wildman–Crippen MR) is 160 cm³/mol. The topological polar surface area (TPSA) is 87.7 Å². The van der Waals surface area contributed by atoms with Crippen LogP contribution in [0.4, 0.5) is 10.5 Å². The maximum absolute atomic E-state index is 14.4. The smallest absolute Gasteiger partial charge is 0.408 e. The molecule has 2 unspecified atom stereocenters. The third-order valence-electron chi connectivity index (χ3n) is 6.79. The number of carbonyl (C=O) groups excluding carboxylic acids is 3. The van der Waals surface area contributed by atoms with Crippen LogP contribution in [0.3, 0.4) is 0 Å². The second kappa shape index (κ2) is 12.7. The van der Waals surface area contributed by atoms with Gasteiger partial charge in [-0.05, 0) is 75.4 Å². The van der Waals surface area contributed by atoms with Crippen LogP contribution in [0.25, 0.3) is 0 Å². The first kappa shape index (κ1) is 29.4. The Labute approximate surface area is 242 Å². The monoisotopic (exact) mass is 551 g/mol. The summed E-state index contributed by atoms with van der Waals surface area (Å²) in [7, 11) is 0. The van der Waals surface area contributed by atoms with Crippen LogP contribution in [-0.2, 0) is 20.7 Å². The number of aryl methyl sites for hydroxylation is 1. The molecule has 1 aliphatic carbocycles. The van der Waals surface area contributed by atoms with E-state index in [1.807, 2.05) is 61.5 Å². The van der Waals surface area contributed by atoms with Gasteiger partial charge in [0.25, 0.3) is 5.91 Å². The van der Waals surface area contributed by atoms with E-state index in [9.17, 15) is 14.4 Å². The predicted octanol–water partition coefficient (Wildman–Crippen LogP) is 5.78. The molecule has 41 heavy (non-hydrogen) atoms. The Morgan fingerprint density at radius 3 is 2.20 bits per heavy atom. The van der Waals surface area contributed by atoms with Gasteiger partial charge >= 0.3 is 6.09 Å². The van der Waals surface area contributed by atoms with E-state index in [2.05, 4.69) is 16.6 Å². The molecule has 212 valence electrons. The van der Waals surface area contributed by atoms with Crippen molar-refractivity contribution in [2.24, 2.45) is 0 Å². The van der Waals surface area contributed by atoms with E-state index >= 15 is 0 Å². The molecular formula is C34H37N3O4. The van der Waals surface area contributed by atoms with Crippen LogP contribution in [-0.4, -0.2) is 40.5 Å². The maximum atomic E-state index is 14.4. The number of ether oxygens (including phenoxy) is 1. The zero-order valence-electron chi connectivity index (χ0n) is 24.0. The first-order chi connectivity index (χ1) is 19.6. The highest BCUT2D eigenvalue weighted by Crippen LogP contribution is 2.36. The number of benzene rings is 3. The van der Waals surface area contributed by atoms with E-state index in [1.165, 1.54) is 0 Å². The van der Waals surface area contributed by atoms with Gasteiger partial charge in [-0.3, -0.25) is 9.59 Å². The number of nitrogens with one attached hydrogen (secondary N) is 2. The third kappa shape index (κ3) is 7.98. The van der Waals surface area contributed by atoms with Gasteiger partial charge in [0.15, 0.2) is 0 Å². The Hall–Kier alpha value is -4.57. The number of rotatable bonds is 9. The minimum Gasteiger partial charge on any atom is -0.444 e. The highest BCUT2D eigenvalue weighted by molar-refractivity contribution is 5.99. The van der Waals surface area contributed by atoms with Gasteiger partial charge in [0.1, 0.15) is 17.7 Å². The molecule has 3 amide bonds. The molecule has 2 atom stereocenters. The molecule has 7 nitrogen and oxygen atoms in total. The summed E-state index contributed by atoms with van der Waals surface area (Å²) in [5.74, 6) is 1.90. The Kier molecular flexibility index (Phi) is 9.14. The summed E-state index contributed by atoms with van der Waals surface area (Å²) in [6, 6.07) is 22.0. The van der Waals surface area contributed by atoms with E-state index in [0.29, 0.717) is 16.8 Å². The van der Waals surface area contributed by atoms with Crippen molar-refractivity contribution in [2.75, 3.05) is 5.32 Å². The van der Waals surface area contributed by atoms with Gasteiger partial charge in [-0.25, -0.2) is 4.79 Å². The normalized spacial score (nSPS) is 14.2. The summed E-state index contributed by atoms with van der Waals surface area (Å²) >= 11 is 0. The van der Waals surface area contributed by atoms with Crippen molar-refractivity contribution >= 4 is 23.6 Å². The fourth-order valence-electron chi connectivity index (χ4n) is 4.66. The Morgan fingerprint density at radius 2 is 1.61 bits per heavy atom. The zero-order valence-corrected chi connectivity index (χ0v) is 24.0. The zero-order chi connectivity index (χ0) is 29.6. The van der Waals surface area contributed by atoms with Crippen LogP contribution in [0.5, 0.6) is 0 Å². The van der Waals surface area contributed by atoms with Crippen molar-refractivity contribution < 1.29 is 19.1 Å². The lowest BCUT2D eigenvalue weighted by Crippen LogP contribution is -2.54. The number of anilines is 1. The molecule has 0 saturated heterocycles. The van der Waals surface area contributed by atoms with Crippen LogP contribution in [0, 0.1) is 19.3 Å². The number of nitrogens with zero attached hydrogens (tertiary/aromatic N) is 1. The molecule has 0 spiro atoms. The molecule has 0 radical (unpaired) electrons. The fourth-order valence-corrected chi connectivity index (χ4v) is 4.66. The minimum atomic E-state index is -0.952. The van der Waals surface area contributed by atoms with Crippen LogP contribution in [0.1, 0.15) is 61.9 Å².